The topological polar surface area (TPSA) is 37.3 Å². The van der Waals surface area contributed by atoms with E-state index in [0.717, 1.165) is 18.7 Å². The van der Waals surface area contributed by atoms with E-state index in [-0.39, 0.29) is 5.91 Å². The van der Waals surface area contributed by atoms with Gasteiger partial charge >= 0.3 is 0 Å². The molecule has 114 valence electrons. The Morgan fingerprint density at radius 1 is 1.24 bits per heavy atom. The minimum atomic E-state index is -0.0203. The molecular weight excluding hydrogens is 262 g/mol. The Bertz CT molecular complexity index is 549. The zero-order chi connectivity index (χ0) is 14.8. The monoisotopic (exact) mass is 287 g/mol. The highest BCUT2D eigenvalue weighted by molar-refractivity contribution is 5.91. The molecule has 2 heterocycles. The summed E-state index contributed by atoms with van der Waals surface area (Å²) in [6, 6.07) is 2.87. The SMILES string of the molecule is Cc1cc(/C=C/C(=O)NN2CCCCC2)c(C)n1C1CC1. The first-order valence-electron chi connectivity index (χ1n) is 8.07. The molecule has 1 amide bonds. The van der Waals surface area contributed by atoms with Gasteiger partial charge in [0.25, 0.3) is 5.91 Å². The van der Waals surface area contributed by atoms with E-state index in [2.05, 4.69) is 29.9 Å². The number of carbonyl (C=O) groups is 1. The van der Waals surface area contributed by atoms with Gasteiger partial charge in [0.2, 0.25) is 0 Å². The molecule has 2 fully saturated rings. The number of hydrazine groups is 1. The van der Waals surface area contributed by atoms with Crippen LogP contribution in [0.2, 0.25) is 0 Å². The van der Waals surface area contributed by atoms with Crippen LogP contribution in [-0.4, -0.2) is 28.6 Å². The Kier molecular flexibility index (Phi) is 4.15. The van der Waals surface area contributed by atoms with E-state index < -0.39 is 0 Å². The molecule has 0 bridgehead atoms. The van der Waals surface area contributed by atoms with Crippen LogP contribution < -0.4 is 5.43 Å². The minimum absolute atomic E-state index is 0.0203. The van der Waals surface area contributed by atoms with Gasteiger partial charge in [-0.25, -0.2) is 5.01 Å². The number of carbonyl (C=O) groups excluding carboxylic acids is 1. The highest BCUT2D eigenvalue weighted by Gasteiger charge is 2.26. The molecule has 1 N–H and O–H groups in total. The maximum absolute atomic E-state index is 12.0. The normalized spacial score (nSPS) is 20.1. The number of rotatable bonds is 4. The van der Waals surface area contributed by atoms with E-state index in [9.17, 15) is 4.79 Å². The molecule has 1 aliphatic carbocycles. The Morgan fingerprint density at radius 3 is 2.62 bits per heavy atom. The third-order valence-electron chi connectivity index (χ3n) is 4.47. The van der Waals surface area contributed by atoms with Gasteiger partial charge in [-0.3, -0.25) is 10.2 Å². The van der Waals surface area contributed by atoms with Crippen LogP contribution in [0.1, 0.15) is 55.1 Å². The fourth-order valence-electron chi connectivity index (χ4n) is 3.23. The highest BCUT2D eigenvalue weighted by atomic mass is 16.2. The second-order valence-electron chi connectivity index (χ2n) is 6.28. The van der Waals surface area contributed by atoms with Crippen molar-refractivity contribution in [3.05, 3.63) is 29.1 Å². The summed E-state index contributed by atoms with van der Waals surface area (Å²) in [5.74, 6) is -0.0203. The summed E-state index contributed by atoms with van der Waals surface area (Å²) in [5.41, 5.74) is 6.70. The Morgan fingerprint density at radius 2 is 1.95 bits per heavy atom. The zero-order valence-electron chi connectivity index (χ0n) is 13.1. The minimum Gasteiger partial charge on any atom is -0.346 e. The van der Waals surface area contributed by atoms with Crippen LogP contribution in [0, 0.1) is 13.8 Å². The second kappa shape index (κ2) is 6.06. The van der Waals surface area contributed by atoms with E-state index in [1.165, 1.54) is 43.5 Å². The highest BCUT2D eigenvalue weighted by Crippen LogP contribution is 2.38. The summed E-state index contributed by atoms with van der Waals surface area (Å²) >= 11 is 0. The second-order valence-corrected chi connectivity index (χ2v) is 6.28. The van der Waals surface area contributed by atoms with Crippen molar-refractivity contribution in [1.29, 1.82) is 0 Å². The van der Waals surface area contributed by atoms with Crippen LogP contribution in [-0.2, 0) is 4.79 Å². The van der Waals surface area contributed by atoms with Crippen LogP contribution >= 0.6 is 0 Å². The van der Waals surface area contributed by atoms with E-state index in [0.29, 0.717) is 6.04 Å². The summed E-state index contributed by atoms with van der Waals surface area (Å²) in [7, 11) is 0. The van der Waals surface area contributed by atoms with Crippen molar-refractivity contribution in [2.75, 3.05) is 13.1 Å². The maximum Gasteiger partial charge on any atom is 0.258 e. The number of nitrogens with one attached hydrogen (secondary N) is 1. The van der Waals surface area contributed by atoms with E-state index in [1.807, 2.05) is 11.1 Å². The molecule has 4 nitrogen and oxygen atoms in total. The molecule has 1 aromatic rings. The summed E-state index contributed by atoms with van der Waals surface area (Å²) in [6.07, 6.45) is 9.80. The summed E-state index contributed by atoms with van der Waals surface area (Å²) in [5, 5.41) is 2.03. The number of hydrogen-bond donors (Lipinski definition) is 1. The summed E-state index contributed by atoms with van der Waals surface area (Å²) in [6.45, 7) is 6.23. The van der Waals surface area contributed by atoms with Gasteiger partial charge < -0.3 is 4.57 Å². The van der Waals surface area contributed by atoms with Crippen molar-refractivity contribution >= 4 is 12.0 Å². The first kappa shape index (κ1) is 14.4. The third kappa shape index (κ3) is 3.38. The van der Waals surface area contributed by atoms with Crippen LogP contribution in [0.4, 0.5) is 0 Å². The van der Waals surface area contributed by atoms with Crippen molar-refractivity contribution in [2.45, 2.75) is 52.0 Å². The van der Waals surface area contributed by atoms with Crippen molar-refractivity contribution in [1.82, 2.24) is 15.0 Å². The molecule has 0 radical (unpaired) electrons. The number of aromatic nitrogens is 1. The molecule has 4 heteroatoms. The smallest absolute Gasteiger partial charge is 0.258 e. The molecule has 1 saturated carbocycles. The Labute approximate surface area is 126 Å². The number of hydrogen-bond acceptors (Lipinski definition) is 2. The first-order valence-corrected chi connectivity index (χ1v) is 8.07. The maximum atomic E-state index is 12.0. The van der Waals surface area contributed by atoms with E-state index in [1.54, 1.807) is 6.08 Å². The van der Waals surface area contributed by atoms with Crippen LogP contribution in [0.3, 0.4) is 0 Å². The van der Waals surface area contributed by atoms with Crippen LogP contribution in [0.25, 0.3) is 6.08 Å². The van der Waals surface area contributed by atoms with Crippen molar-refractivity contribution in [3.8, 4) is 0 Å². The molecule has 1 saturated heterocycles. The molecule has 1 aliphatic heterocycles. The molecule has 2 aliphatic rings. The van der Waals surface area contributed by atoms with Crippen LogP contribution in [0.5, 0.6) is 0 Å². The number of amides is 1. The fourth-order valence-corrected chi connectivity index (χ4v) is 3.23. The lowest BCUT2D eigenvalue weighted by atomic mass is 10.2. The molecule has 0 atom stereocenters. The molecule has 0 aromatic carbocycles. The van der Waals surface area contributed by atoms with E-state index >= 15 is 0 Å². The Hall–Kier alpha value is -1.55. The first-order chi connectivity index (χ1) is 10.1. The summed E-state index contributed by atoms with van der Waals surface area (Å²) < 4.78 is 2.40. The molecule has 0 unspecified atom stereocenters. The van der Waals surface area contributed by atoms with Gasteiger partial charge in [0.15, 0.2) is 0 Å². The lowest BCUT2D eigenvalue weighted by molar-refractivity contribution is -0.121. The largest absolute Gasteiger partial charge is 0.346 e. The fraction of sp³-hybridized carbons (Fsp3) is 0.588. The van der Waals surface area contributed by atoms with Gasteiger partial charge in [0, 0.05) is 36.6 Å². The number of piperidine rings is 1. The van der Waals surface area contributed by atoms with E-state index in [4.69, 9.17) is 0 Å². The average Bonchev–Trinajstić information content (AvgIpc) is 3.25. The van der Waals surface area contributed by atoms with Crippen molar-refractivity contribution < 1.29 is 4.79 Å². The standard InChI is InChI=1S/C17H25N3O/c1-13-12-15(14(2)20(13)16-7-8-16)6-9-17(21)18-19-10-4-3-5-11-19/h6,9,12,16H,3-5,7-8,10-11H2,1-2H3,(H,18,21)/b9-6+. The van der Waals surface area contributed by atoms with Gasteiger partial charge in [-0.1, -0.05) is 6.42 Å². The lowest BCUT2D eigenvalue weighted by Gasteiger charge is -2.26. The van der Waals surface area contributed by atoms with Crippen molar-refractivity contribution in [3.63, 3.8) is 0 Å². The Balaban J connectivity index is 1.62. The van der Waals surface area contributed by atoms with Crippen LogP contribution in [0.15, 0.2) is 12.1 Å². The molecule has 0 spiro atoms. The molecule has 3 rings (SSSR count). The molecule has 21 heavy (non-hydrogen) atoms. The van der Waals surface area contributed by atoms with Crippen molar-refractivity contribution in [2.24, 2.45) is 0 Å². The third-order valence-corrected chi connectivity index (χ3v) is 4.47. The average molecular weight is 287 g/mol. The van der Waals surface area contributed by atoms with Gasteiger partial charge in [0.1, 0.15) is 0 Å². The van der Waals surface area contributed by atoms with Gasteiger partial charge in [-0.15, -0.1) is 0 Å². The zero-order valence-corrected chi connectivity index (χ0v) is 13.1. The summed E-state index contributed by atoms with van der Waals surface area (Å²) in [4.78, 5) is 12.0. The molecule has 1 aromatic heterocycles. The quantitative estimate of drug-likeness (QED) is 0.864. The lowest BCUT2D eigenvalue weighted by Crippen LogP contribution is -2.44. The predicted octanol–water partition coefficient (Wildman–Crippen LogP) is 2.97. The van der Waals surface area contributed by atoms with Gasteiger partial charge in [0.05, 0.1) is 0 Å². The molecular formula is C17H25N3O. The van der Waals surface area contributed by atoms with Gasteiger partial charge in [-0.2, -0.15) is 0 Å². The number of aryl methyl sites for hydroxylation is 1. The number of nitrogens with zero attached hydrogens (tertiary/aromatic N) is 2. The predicted molar refractivity (Wildman–Crippen MR) is 84.8 cm³/mol. The van der Waals surface area contributed by atoms with Gasteiger partial charge in [-0.05, 0) is 57.2 Å².